The summed E-state index contributed by atoms with van der Waals surface area (Å²) in [6.45, 7) is 12.1. The van der Waals surface area contributed by atoms with Gasteiger partial charge in [-0.15, -0.1) is 0 Å². The van der Waals surface area contributed by atoms with E-state index in [0.717, 1.165) is 5.71 Å². The lowest BCUT2D eigenvalue weighted by Gasteiger charge is -2.13. The van der Waals surface area contributed by atoms with Gasteiger partial charge in [-0.2, -0.15) is 0 Å². The molecule has 0 fully saturated rings. The Morgan fingerprint density at radius 2 is 1.62 bits per heavy atom. The van der Waals surface area contributed by atoms with Crippen molar-refractivity contribution in [1.29, 1.82) is 0 Å². The minimum atomic E-state index is -0.134. The summed E-state index contributed by atoms with van der Waals surface area (Å²) < 4.78 is 0. The number of carbonyl (C=O) groups is 1. The Morgan fingerprint density at radius 3 is 2.00 bits per heavy atom. The zero-order valence-corrected chi connectivity index (χ0v) is 11.2. The molecule has 94 valence electrons. The SMILES string of the molecule is CC(C)NC(=O)CON=C(C(C)C)C(C)C. The van der Waals surface area contributed by atoms with E-state index in [1.807, 2.05) is 13.8 Å². The van der Waals surface area contributed by atoms with Crippen LogP contribution in [-0.4, -0.2) is 24.3 Å². The molecule has 0 aromatic carbocycles. The number of carbonyl (C=O) groups excluding carboxylic acids is 1. The summed E-state index contributed by atoms with van der Waals surface area (Å²) in [6, 6.07) is 0.134. The van der Waals surface area contributed by atoms with E-state index >= 15 is 0 Å². The molecule has 0 saturated heterocycles. The summed E-state index contributed by atoms with van der Waals surface area (Å²) in [5, 5.41) is 6.77. The molecule has 0 aliphatic carbocycles. The van der Waals surface area contributed by atoms with E-state index in [2.05, 4.69) is 38.2 Å². The summed E-state index contributed by atoms with van der Waals surface area (Å²) in [7, 11) is 0. The summed E-state index contributed by atoms with van der Waals surface area (Å²) in [6.07, 6.45) is 0. The molecule has 0 spiro atoms. The Balaban J connectivity index is 4.10. The standard InChI is InChI=1S/C12H24N2O2/c1-8(2)12(9(3)4)14-16-7-11(15)13-10(5)6/h8-10H,7H2,1-6H3,(H,13,15). The number of nitrogens with one attached hydrogen (secondary N) is 1. The van der Waals surface area contributed by atoms with Crippen LogP contribution in [0.5, 0.6) is 0 Å². The van der Waals surface area contributed by atoms with Gasteiger partial charge < -0.3 is 10.2 Å². The number of hydrogen-bond donors (Lipinski definition) is 1. The van der Waals surface area contributed by atoms with Gasteiger partial charge in [-0.3, -0.25) is 4.79 Å². The molecule has 0 rings (SSSR count). The Morgan fingerprint density at radius 1 is 1.12 bits per heavy atom. The fourth-order valence-electron chi connectivity index (χ4n) is 1.41. The molecule has 0 aliphatic heterocycles. The van der Waals surface area contributed by atoms with E-state index in [-0.39, 0.29) is 18.6 Å². The van der Waals surface area contributed by atoms with Crippen LogP contribution in [0.2, 0.25) is 0 Å². The van der Waals surface area contributed by atoms with Crippen LogP contribution in [0.3, 0.4) is 0 Å². The highest BCUT2D eigenvalue weighted by atomic mass is 16.6. The number of rotatable bonds is 6. The molecule has 0 saturated carbocycles. The first kappa shape index (κ1) is 14.9. The van der Waals surface area contributed by atoms with Gasteiger partial charge in [-0.05, 0) is 25.7 Å². The van der Waals surface area contributed by atoms with Crippen LogP contribution in [0.25, 0.3) is 0 Å². The first-order valence-electron chi connectivity index (χ1n) is 5.83. The van der Waals surface area contributed by atoms with Crippen LogP contribution in [0.1, 0.15) is 41.5 Å². The third kappa shape index (κ3) is 6.43. The lowest BCUT2D eigenvalue weighted by Crippen LogP contribution is -2.33. The average molecular weight is 228 g/mol. The Kier molecular flexibility index (Phi) is 6.77. The molecule has 0 atom stereocenters. The summed E-state index contributed by atoms with van der Waals surface area (Å²) >= 11 is 0. The smallest absolute Gasteiger partial charge is 0.260 e. The van der Waals surface area contributed by atoms with Gasteiger partial charge in [0, 0.05) is 6.04 Å². The van der Waals surface area contributed by atoms with Crippen LogP contribution >= 0.6 is 0 Å². The number of amides is 1. The second kappa shape index (κ2) is 7.25. The normalized spacial score (nSPS) is 10.8. The third-order valence-corrected chi connectivity index (χ3v) is 2.00. The summed E-state index contributed by atoms with van der Waals surface area (Å²) in [5.41, 5.74) is 0.984. The van der Waals surface area contributed by atoms with E-state index in [9.17, 15) is 4.79 Å². The molecule has 0 bridgehead atoms. The van der Waals surface area contributed by atoms with E-state index in [1.54, 1.807) is 0 Å². The van der Waals surface area contributed by atoms with Crippen LogP contribution in [0.4, 0.5) is 0 Å². The number of nitrogens with zero attached hydrogens (tertiary/aromatic N) is 1. The zero-order chi connectivity index (χ0) is 12.7. The molecule has 1 N–H and O–H groups in total. The fraction of sp³-hybridized carbons (Fsp3) is 0.833. The molecule has 4 heteroatoms. The predicted octanol–water partition coefficient (Wildman–Crippen LogP) is 2.20. The quantitative estimate of drug-likeness (QED) is 0.559. The molecule has 0 aromatic rings. The van der Waals surface area contributed by atoms with Crippen molar-refractivity contribution in [2.45, 2.75) is 47.6 Å². The van der Waals surface area contributed by atoms with Gasteiger partial charge in [0.05, 0.1) is 5.71 Å². The number of hydrogen-bond acceptors (Lipinski definition) is 3. The van der Waals surface area contributed by atoms with Crippen molar-refractivity contribution in [3.05, 3.63) is 0 Å². The largest absolute Gasteiger partial charge is 0.386 e. The second-order valence-corrected chi connectivity index (χ2v) is 4.82. The molecule has 0 radical (unpaired) electrons. The van der Waals surface area contributed by atoms with Gasteiger partial charge in [0.2, 0.25) is 0 Å². The maximum atomic E-state index is 11.3. The first-order chi connectivity index (χ1) is 7.34. The molecule has 0 heterocycles. The third-order valence-electron chi connectivity index (χ3n) is 2.00. The van der Waals surface area contributed by atoms with Gasteiger partial charge in [-0.25, -0.2) is 0 Å². The first-order valence-corrected chi connectivity index (χ1v) is 5.83. The van der Waals surface area contributed by atoms with Crippen molar-refractivity contribution in [2.24, 2.45) is 17.0 Å². The van der Waals surface area contributed by atoms with E-state index in [4.69, 9.17) is 4.84 Å². The van der Waals surface area contributed by atoms with Gasteiger partial charge >= 0.3 is 0 Å². The van der Waals surface area contributed by atoms with Gasteiger partial charge in [0.1, 0.15) is 0 Å². The number of oxime groups is 1. The highest BCUT2D eigenvalue weighted by Gasteiger charge is 2.11. The van der Waals surface area contributed by atoms with Gasteiger partial charge in [0.25, 0.3) is 5.91 Å². The molecule has 16 heavy (non-hydrogen) atoms. The van der Waals surface area contributed by atoms with Crippen molar-refractivity contribution in [1.82, 2.24) is 5.32 Å². The van der Waals surface area contributed by atoms with Crippen molar-refractivity contribution in [3.63, 3.8) is 0 Å². The molecular weight excluding hydrogens is 204 g/mol. The predicted molar refractivity (Wildman–Crippen MR) is 66.3 cm³/mol. The summed E-state index contributed by atoms with van der Waals surface area (Å²) in [4.78, 5) is 16.3. The molecule has 0 aromatic heterocycles. The van der Waals surface area contributed by atoms with E-state index < -0.39 is 0 Å². The molecule has 4 nitrogen and oxygen atoms in total. The maximum Gasteiger partial charge on any atom is 0.260 e. The van der Waals surface area contributed by atoms with E-state index in [0.29, 0.717) is 11.8 Å². The highest BCUT2D eigenvalue weighted by Crippen LogP contribution is 2.08. The zero-order valence-electron chi connectivity index (χ0n) is 11.2. The van der Waals surface area contributed by atoms with Gasteiger partial charge in [0.15, 0.2) is 6.61 Å². The van der Waals surface area contributed by atoms with E-state index in [1.165, 1.54) is 0 Å². The highest BCUT2D eigenvalue weighted by molar-refractivity contribution is 5.87. The van der Waals surface area contributed by atoms with Crippen LogP contribution in [0, 0.1) is 11.8 Å². The van der Waals surface area contributed by atoms with Crippen LogP contribution < -0.4 is 5.32 Å². The maximum absolute atomic E-state index is 11.3. The Hall–Kier alpha value is -1.06. The lowest BCUT2D eigenvalue weighted by atomic mass is 9.98. The minimum absolute atomic E-state index is 0.0128. The Labute approximate surface area is 98.4 Å². The fourth-order valence-corrected chi connectivity index (χ4v) is 1.41. The molecule has 0 unspecified atom stereocenters. The monoisotopic (exact) mass is 228 g/mol. The Bertz CT molecular complexity index is 235. The summed E-state index contributed by atoms with van der Waals surface area (Å²) in [5.74, 6) is 0.548. The second-order valence-electron chi connectivity index (χ2n) is 4.82. The lowest BCUT2D eigenvalue weighted by molar-refractivity contribution is -0.126. The minimum Gasteiger partial charge on any atom is -0.386 e. The average Bonchev–Trinajstić information content (AvgIpc) is 2.09. The topological polar surface area (TPSA) is 50.7 Å². The van der Waals surface area contributed by atoms with Crippen molar-refractivity contribution >= 4 is 11.6 Å². The molecular formula is C12H24N2O2. The van der Waals surface area contributed by atoms with Crippen molar-refractivity contribution in [3.8, 4) is 0 Å². The van der Waals surface area contributed by atoms with Crippen LogP contribution in [-0.2, 0) is 9.63 Å². The van der Waals surface area contributed by atoms with Crippen molar-refractivity contribution in [2.75, 3.05) is 6.61 Å². The molecule has 1 amide bonds. The van der Waals surface area contributed by atoms with Crippen molar-refractivity contribution < 1.29 is 9.63 Å². The van der Waals surface area contributed by atoms with Crippen LogP contribution in [0.15, 0.2) is 5.16 Å². The van der Waals surface area contributed by atoms with Gasteiger partial charge in [-0.1, -0.05) is 32.9 Å². The molecule has 0 aliphatic rings.